The van der Waals surface area contributed by atoms with Gasteiger partial charge in [-0.3, -0.25) is 14.4 Å². The third-order valence-corrected chi connectivity index (χ3v) is 12.9. The van der Waals surface area contributed by atoms with Gasteiger partial charge >= 0.3 is 17.9 Å². The fourth-order valence-electron chi connectivity index (χ4n) is 8.58. The molecule has 66 heavy (non-hydrogen) atoms. The van der Waals surface area contributed by atoms with E-state index in [1.165, 1.54) is 193 Å². The molecule has 0 saturated heterocycles. The summed E-state index contributed by atoms with van der Waals surface area (Å²) in [6.45, 7) is 6.54. The zero-order valence-electron chi connectivity index (χ0n) is 44.2. The zero-order chi connectivity index (χ0) is 47.9. The first kappa shape index (κ1) is 63.6. The van der Waals surface area contributed by atoms with E-state index in [2.05, 4.69) is 57.2 Å². The quantitative estimate of drug-likeness (QED) is 0.0262. The molecule has 0 aliphatic rings. The van der Waals surface area contributed by atoms with E-state index < -0.39 is 6.10 Å². The van der Waals surface area contributed by atoms with E-state index in [-0.39, 0.29) is 31.1 Å². The van der Waals surface area contributed by atoms with Crippen molar-refractivity contribution >= 4 is 17.9 Å². The van der Waals surface area contributed by atoms with Gasteiger partial charge in [0.2, 0.25) is 0 Å². The normalized spacial score (nSPS) is 12.2. The number of carbonyl (C=O) groups is 3. The summed E-state index contributed by atoms with van der Waals surface area (Å²) in [5.74, 6) is -0.901. The van der Waals surface area contributed by atoms with Crippen LogP contribution in [0.25, 0.3) is 0 Å². The number of rotatable bonds is 53. The van der Waals surface area contributed by atoms with Gasteiger partial charge < -0.3 is 14.2 Å². The molecular formula is C60H110O6. The van der Waals surface area contributed by atoms with Crippen molar-refractivity contribution in [2.45, 2.75) is 316 Å². The van der Waals surface area contributed by atoms with Gasteiger partial charge in [0.25, 0.3) is 0 Å². The average Bonchev–Trinajstić information content (AvgIpc) is 3.31. The first-order valence-corrected chi connectivity index (χ1v) is 29.0. The van der Waals surface area contributed by atoms with Gasteiger partial charge in [-0.25, -0.2) is 0 Å². The Morgan fingerprint density at radius 1 is 0.318 bits per heavy atom. The highest BCUT2D eigenvalue weighted by molar-refractivity contribution is 5.71. The third-order valence-electron chi connectivity index (χ3n) is 12.9. The van der Waals surface area contributed by atoms with E-state index in [1.807, 2.05) is 0 Å². The van der Waals surface area contributed by atoms with Crippen LogP contribution in [0, 0.1) is 0 Å². The Bertz CT molecular complexity index is 1110. The lowest BCUT2D eigenvalue weighted by Gasteiger charge is -2.18. The van der Waals surface area contributed by atoms with Crippen molar-refractivity contribution in [3.8, 4) is 0 Å². The number of unbranched alkanes of at least 4 members (excludes halogenated alkanes) is 36. The summed E-state index contributed by atoms with van der Waals surface area (Å²) in [7, 11) is 0. The van der Waals surface area contributed by atoms with E-state index in [9.17, 15) is 14.4 Å². The first-order chi connectivity index (χ1) is 32.5. The summed E-state index contributed by atoms with van der Waals surface area (Å²) in [5.41, 5.74) is 0. The molecule has 0 heterocycles. The zero-order valence-corrected chi connectivity index (χ0v) is 44.2. The van der Waals surface area contributed by atoms with Crippen molar-refractivity contribution in [1.29, 1.82) is 0 Å². The number of esters is 3. The Labute approximate surface area is 410 Å². The summed E-state index contributed by atoms with van der Waals surface area (Å²) >= 11 is 0. The minimum absolute atomic E-state index is 0.0792. The highest BCUT2D eigenvalue weighted by Crippen LogP contribution is 2.17. The Balaban J connectivity index is 4.31. The van der Waals surface area contributed by atoms with Crippen molar-refractivity contribution in [2.24, 2.45) is 0 Å². The molecule has 6 nitrogen and oxygen atoms in total. The second kappa shape index (κ2) is 55.2. The fraction of sp³-hybridized carbons (Fsp3) is 0.850. The molecule has 0 fully saturated rings. The Kier molecular flexibility index (Phi) is 53.2. The monoisotopic (exact) mass is 927 g/mol. The molecule has 0 aromatic carbocycles. The molecule has 0 N–H and O–H groups in total. The van der Waals surface area contributed by atoms with Gasteiger partial charge in [-0.05, 0) is 51.4 Å². The first-order valence-electron chi connectivity index (χ1n) is 29.0. The van der Waals surface area contributed by atoms with E-state index in [1.54, 1.807) is 0 Å². The van der Waals surface area contributed by atoms with Crippen molar-refractivity contribution < 1.29 is 28.6 Å². The summed E-state index contributed by atoms with van der Waals surface area (Å²) in [5, 5.41) is 0. The smallest absolute Gasteiger partial charge is 0.306 e. The number of ether oxygens (including phenoxy) is 3. The number of allylic oxidation sites excluding steroid dienone is 6. The van der Waals surface area contributed by atoms with Crippen molar-refractivity contribution in [1.82, 2.24) is 0 Å². The van der Waals surface area contributed by atoms with Crippen LogP contribution < -0.4 is 0 Å². The standard InChI is InChI=1S/C60H110O6/c1-4-7-10-13-16-19-22-25-27-29-30-32-33-35-38-41-44-47-50-53-59(62)65-56-57(55-64-58(61)52-49-46-43-40-37-24-21-18-15-12-9-6-3)66-60(63)54-51-48-45-42-39-36-34-31-28-26-23-20-17-14-11-8-5-2/h9,12,18,21,37,40,57H,4-8,10-11,13-17,19-20,22-36,38-39,41-56H2,1-3H3/b12-9-,21-18-,40-37-. The largest absolute Gasteiger partial charge is 0.462 e. The van der Waals surface area contributed by atoms with Crippen LogP contribution in [-0.2, 0) is 28.6 Å². The molecule has 0 spiro atoms. The summed E-state index contributed by atoms with van der Waals surface area (Å²) in [4.78, 5) is 38.1. The van der Waals surface area contributed by atoms with Crippen LogP contribution in [0.1, 0.15) is 310 Å². The van der Waals surface area contributed by atoms with Crippen molar-refractivity contribution in [3.63, 3.8) is 0 Å². The molecule has 1 unspecified atom stereocenters. The highest BCUT2D eigenvalue weighted by Gasteiger charge is 2.19. The number of hydrogen-bond donors (Lipinski definition) is 0. The fourth-order valence-corrected chi connectivity index (χ4v) is 8.58. The van der Waals surface area contributed by atoms with Gasteiger partial charge in [0.05, 0.1) is 0 Å². The number of carbonyl (C=O) groups excluding carboxylic acids is 3. The molecule has 386 valence electrons. The molecular weight excluding hydrogens is 817 g/mol. The van der Waals surface area contributed by atoms with Gasteiger partial charge in [0.15, 0.2) is 6.10 Å². The minimum Gasteiger partial charge on any atom is -0.462 e. The van der Waals surface area contributed by atoms with Crippen LogP contribution in [0.15, 0.2) is 36.5 Å². The van der Waals surface area contributed by atoms with Crippen LogP contribution in [-0.4, -0.2) is 37.2 Å². The number of hydrogen-bond acceptors (Lipinski definition) is 6. The van der Waals surface area contributed by atoms with E-state index in [0.717, 1.165) is 77.0 Å². The molecule has 0 aromatic rings. The third kappa shape index (κ3) is 52.6. The molecule has 0 saturated carbocycles. The molecule has 0 bridgehead atoms. The van der Waals surface area contributed by atoms with Crippen LogP contribution in [0.4, 0.5) is 0 Å². The Hall–Kier alpha value is -2.37. The molecule has 0 aromatic heterocycles. The lowest BCUT2D eigenvalue weighted by atomic mass is 10.0. The molecule has 0 aliphatic heterocycles. The summed E-state index contributed by atoms with van der Waals surface area (Å²) in [6.07, 6.45) is 65.8. The predicted molar refractivity (Wildman–Crippen MR) is 284 cm³/mol. The van der Waals surface area contributed by atoms with Crippen molar-refractivity contribution in [3.05, 3.63) is 36.5 Å². The van der Waals surface area contributed by atoms with Gasteiger partial charge in [0.1, 0.15) is 13.2 Å². The maximum Gasteiger partial charge on any atom is 0.306 e. The lowest BCUT2D eigenvalue weighted by molar-refractivity contribution is -0.167. The van der Waals surface area contributed by atoms with Gasteiger partial charge in [-0.1, -0.05) is 276 Å². The second-order valence-corrected chi connectivity index (χ2v) is 19.5. The molecule has 1 atom stereocenters. The topological polar surface area (TPSA) is 78.9 Å². The van der Waals surface area contributed by atoms with Crippen LogP contribution in [0.3, 0.4) is 0 Å². The van der Waals surface area contributed by atoms with Gasteiger partial charge in [-0.15, -0.1) is 0 Å². The Morgan fingerprint density at radius 2 is 0.591 bits per heavy atom. The predicted octanol–water partition coefficient (Wildman–Crippen LogP) is 19.3. The SMILES string of the molecule is CC/C=C\C/C=C\C/C=C\CCCCC(=O)OCC(COC(=O)CCCCCCCCCCCCCCCCCCCCC)OC(=O)CCCCCCCCCCCCCCCCCCC. The molecule has 0 amide bonds. The summed E-state index contributed by atoms with van der Waals surface area (Å²) in [6, 6.07) is 0. The van der Waals surface area contributed by atoms with Gasteiger partial charge in [-0.2, -0.15) is 0 Å². The molecule has 0 aliphatic carbocycles. The van der Waals surface area contributed by atoms with Crippen molar-refractivity contribution in [2.75, 3.05) is 13.2 Å². The highest BCUT2D eigenvalue weighted by atomic mass is 16.6. The van der Waals surface area contributed by atoms with Crippen LogP contribution in [0.2, 0.25) is 0 Å². The second-order valence-electron chi connectivity index (χ2n) is 19.5. The lowest BCUT2D eigenvalue weighted by Crippen LogP contribution is -2.30. The minimum atomic E-state index is -0.783. The molecule has 6 heteroatoms. The van der Waals surface area contributed by atoms with E-state index in [4.69, 9.17) is 14.2 Å². The molecule has 0 radical (unpaired) electrons. The van der Waals surface area contributed by atoms with Crippen LogP contribution in [0.5, 0.6) is 0 Å². The molecule has 0 rings (SSSR count). The average molecular weight is 928 g/mol. The van der Waals surface area contributed by atoms with E-state index in [0.29, 0.717) is 19.3 Å². The van der Waals surface area contributed by atoms with Crippen LogP contribution >= 0.6 is 0 Å². The maximum atomic E-state index is 12.8. The Morgan fingerprint density at radius 3 is 0.924 bits per heavy atom. The summed E-state index contributed by atoms with van der Waals surface area (Å²) < 4.78 is 16.8. The maximum absolute atomic E-state index is 12.8. The van der Waals surface area contributed by atoms with Gasteiger partial charge in [0, 0.05) is 19.3 Å². The van der Waals surface area contributed by atoms with E-state index >= 15 is 0 Å².